The minimum absolute atomic E-state index is 0.0354. The molecule has 6 unspecified atom stereocenters. The summed E-state index contributed by atoms with van der Waals surface area (Å²) >= 11 is 0. The number of amides is 1. The van der Waals surface area contributed by atoms with Crippen molar-refractivity contribution in [2.45, 2.75) is 94.8 Å². The Balaban J connectivity index is 1.49. The summed E-state index contributed by atoms with van der Waals surface area (Å²) in [5, 5.41) is 33.3. The highest BCUT2D eigenvalue weighted by Crippen LogP contribution is 2.41. The SMILES string of the molecule is CC(CC1C(CC(O)(O)C(=O)C(c2ccccc2)[N+](=O)[O-])C(=O)N1C1CCCCO1)OC1CCCCO1. The van der Waals surface area contributed by atoms with Gasteiger partial charge in [0.2, 0.25) is 11.7 Å². The summed E-state index contributed by atoms with van der Waals surface area (Å²) in [6.45, 7) is 3.02. The standard InChI is InChI=1S/C26H36N2O9/c1-17(37-22-12-6-8-14-36-22)15-20-19(25(30)27(20)21-11-5-7-13-35-21)16-26(31,32)24(29)23(28(33)34)18-9-3-2-4-10-18/h2-4,9-10,17,19-23,31-32H,5-8,11-16H2,1H3. The number of hydrogen-bond acceptors (Lipinski definition) is 9. The maximum Gasteiger partial charge on any atom is 0.300 e. The van der Waals surface area contributed by atoms with Gasteiger partial charge in [-0.3, -0.25) is 19.7 Å². The van der Waals surface area contributed by atoms with Crippen molar-refractivity contribution in [1.82, 2.24) is 4.90 Å². The number of ether oxygens (including phenoxy) is 3. The molecule has 3 heterocycles. The Labute approximate surface area is 215 Å². The minimum atomic E-state index is -3.07. The first kappa shape index (κ1) is 27.6. The number of rotatable bonds is 11. The van der Waals surface area contributed by atoms with Gasteiger partial charge >= 0.3 is 6.04 Å². The van der Waals surface area contributed by atoms with Gasteiger partial charge in [0.1, 0.15) is 6.23 Å². The van der Waals surface area contributed by atoms with E-state index in [9.17, 15) is 29.9 Å². The molecule has 0 saturated carbocycles. The van der Waals surface area contributed by atoms with Crippen LogP contribution in [0.15, 0.2) is 30.3 Å². The summed E-state index contributed by atoms with van der Waals surface area (Å²) in [6, 6.07) is 5.01. The second kappa shape index (κ2) is 12.0. The molecule has 3 saturated heterocycles. The number of ketones is 1. The van der Waals surface area contributed by atoms with E-state index < -0.39 is 47.1 Å². The fourth-order valence-corrected chi connectivity index (χ4v) is 5.53. The van der Waals surface area contributed by atoms with Crippen molar-refractivity contribution >= 4 is 11.7 Å². The third-order valence-corrected chi connectivity index (χ3v) is 7.43. The molecule has 1 aromatic carbocycles. The number of nitrogens with zero attached hydrogens (tertiary/aromatic N) is 2. The van der Waals surface area contributed by atoms with Gasteiger partial charge in [0.15, 0.2) is 6.29 Å². The first-order valence-corrected chi connectivity index (χ1v) is 13.1. The quantitative estimate of drug-likeness (QED) is 0.194. The molecular weight excluding hydrogens is 484 g/mol. The summed E-state index contributed by atoms with van der Waals surface area (Å²) in [4.78, 5) is 38.7. The van der Waals surface area contributed by atoms with E-state index in [1.54, 1.807) is 11.0 Å². The third kappa shape index (κ3) is 6.35. The topological polar surface area (TPSA) is 149 Å². The number of likely N-dealkylation sites (tertiary alicyclic amines) is 1. The number of hydrogen-bond donors (Lipinski definition) is 2. The van der Waals surface area contributed by atoms with Crippen molar-refractivity contribution in [3.8, 4) is 0 Å². The van der Waals surface area contributed by atoms with Gasteiger partial charge in [0, 0.05) is 36.2 Å². The van der Waals surface area contributed by atoms with Crippen LogP contribution < -0.4 is 0 Å². The van der Waals surface area contributed by atoms with Gasteiger partial charge in [-0.05, 0) is 51.9 Å². The lowest BCUT2D eigenvalue weighted by Gasteiger charge is -2.53. The zero-order valence-corrected chi connectivity index (χ0v) is 21.1. The van der Waals surface area contributed by atoms with Gasteiger partial charge in [-0.25, -0.2) is 0 Å². The molecule has 204 valence electrons. The molecule has 2 N–H and O–H groups in total. The van der Waals surface area contributed by atoms with E-state index in [1.807, 2.05) is 6.92 Å². The van der Waals surface area contributed by atoms with Crippen LogP contribution in [-0.2, 0) is 23.8 Å². The average molecular weight is 521 g/mol. The van der Waals surface area contributed by atoms with Gasteiger partial charge in [0.25, 0.3) is 5.78 Å². The summed E-state index contributed by atoms with van der Waals surface area (Å²) in [7, 11) is 0. The largest absolute Gasteiger partial charge is 0.359 e. The molecule has 0 aliphatic carbocycles. The predicted octanol–water partition coefficient (Wildman–Crippen LogP) is 2.32. The smallest absolute Gasteiger partial charge is 0.300 e. The number of carbonyl (C=O) groups is 2. The third-order valence-electron chi connectivity index (χ3n) is 7.43. The van der Waals surface area contributed by atoms with Crippen LogP contribution in [0.5, 0.6) is 0 Å². The summed E-state index contributed by atoms with van der Waals surface area (Å²) in [5.41, 5.74) is 0.0354. The monoisotopic (exact) mass is 520 g/mol. The molecule has 0 aromatic heterocycles. The molecule has 37 heavy (non-hydrogen) atoms. The molecular formula is C26H36N2O9. The Morgan fingerprint density at radius 1 is 1.16 bits per heavy atom. The van der Waals surface area contributed by atoms with Crippen LogP contribution in [0, 0.1) is 16.0 Å². The fourth-order valence-electron chi connectivity index (χ4n) is 5.53. The molecule has 3 aliphatic heterocycles. The lowest BCUT2D eigenvalue weighted by molar-refractivity contribution is -0.516. The first-order chi connectivity index (χ1) is 17.7. The van der Waals surface area contributed by atoms with Crippen LogP contribution in [0.4, 0.5) is 0 Å². The normalized spacial score (nSPS) is 28.3. The molecule has 0 bridgehead atoms. The van der Waals surface area contributed by atoms with Crippen LogP contribution in [0.3, 0.4) is 0 Å². The van der Waals surface area contributed by atoms with E-state index in [0.29, 0.717) is 26.1 Å². The maximum atomic E-state index is 13.2. The van der Waals surface area contributed by atoms with Crippen LogP contribution in [-0.4, -0.2) is 75.4 Å². The molecule has 1 amide bonds. The van der Waals surface area contributed by atoms with E-state index in [1.165, 1.54) is 24.3 Å². The van der Waals surface area contributed by atoms with E-state index >= 15 is 0 Å². The molecule has 6 atom stereocenters. The van der Waals surface area contributed by atoms with Crippen molar-refractivity contribution in [3.63, 3.8) is 0 Å². The maximum absolute atomic E-state index is 13.2. The Bertz CT molecular complexity index is 945. The van der Waals surface area contributed by atoms with E-state index in [-0.39, 0.29) is 23.9 Å². The van der Waals surface area contributed by atoms with E-state index in [2.05, 4.69) is 0 Å². The number of nitro groups is 1. The van der Waals surface area contributed by atoms with Gasteiger partial charge in [-0.2, -0.15) is 0 Å². The first-order valence-electron chi connectivity index (χ1n) is 13.1. The van der Waals surface area contributed by atoms with Gasteiger partial charge in [0.05, 0.1) is 12.0 Å². The van der Waals surface area contributed by atoms with Crippen molar-refractivity contribution in [3.05, 3.63) is 46.0 Å². The molecule has 11 heteroatoms. The molecule has 11 nitrogen and oxygen atoms in total. The minimum Gasteiger partial charge on any atom is -0.359 e. The zero-order chi connectivity index (χ0) is 26.6. The van der Waals surface area contributed by atoms with Crippen molar-refractivity contribution in [2.24, 2.45) is 5.92 Å². The average Bonchev–Trinajstić information content (AvgIpc) is 2.89. The van der Waals surface area contributed by atoms with Crippen LogP contribution in [0.25, 0.3) is 0 Å². The van der Waals surface area contributed by atoms with Crippen molar-refractivity contribution < 1.29 is 38.9 Å². The van der Waals surface area contributed by atoms with Gasteiger partial charge in [-0.15, -0.1) is 0 Å². The highest BCUT2D eigenvalue weighted by Gasteiger charge is 2.56. The number of aliphatic hydroxyl groups is 2. The molecule has 4 rings (SSSR count). The van der Waals surface area contributed by atoms with E-state index in [4.69, 9.17) is 14.2 Å². The highest BCUT2D eigenvalue weighted by molar-refractivity contribution is 5.92. The predicted molar refractivity (Wildman–Crippen MR) is 129 cm³/mol. The molecule has 3 fully saturated rings. The zero-order valence-electron chi connectivity index (χ0n) is 21.1. The number of carbonyl (C=O) groups excluding carboxylic acids is 2. The summed E-state index contributed by atoms with van der Waals surface area (Å²) in [5.74, 6) is -5.73. The molecule has 3 aliphatic rings. The number of Topliss-reactive ketones (excluding diaryl/α,β-unsaturated/α-hetero) is 1. The van der Waals surface area contributed by atoms with Crippen LogP contribution >= 0.6 is 0 Å². The summed E-state index contributed by atoms with van der Waals surface area (Å²) < 4.78 is 17.5. The van der Waals surface area contributed by atoms with Gasteiger partial charge in [-0.1, -0.05) is 30.3 Å². The fraction of sp³-hybridized carbons (Fsp3) is 0.692. The van der Waals surface area contributed by atoms with Gasteiger partial charge < -0.3 is 29.3 Å². The van der Waals surface area contributed by atoms with Crippen LogP contribution in [0.1, 0.15) is 69.9 Å². The second-order valence-corrected chi connectivity index (χ2v) is 10.2. The Morgan fingerprint density at radius 3 is 2.43 bits per heavy atom. The lowest BCUT2D eigenvalue weighted by Crippen LogP contribution is -2.67. The summed E-state index contributed by atoms with van der Waals surface area (Å²) in [6.07, 6.45) is 3.87. The molecule has 0 radical (unpaired) electrons. The van der Waals surface area contributed by atoms with E-state index in [0.717, 1.165) is 32.1 Å². The Hall–Kier alpha value is -2.44. The Kier molecular flexibility index (Phi) is 8.91. The second-order valence-electron chi connectivity index (χ2n) is 10.2. The molecule has 0 spiro atoms. The lowest BCUT2D eigenvalue weighted by atomic mass is 9.77. The van der Waals surface area contributed by atoms with Crippen LogP contribution in [0.2, 0.25) is 0 Å². The Morgan fingerprint density at radius 2 is 1.84 bits per heavy atom. The number of benzene rings is 1. The molecule has 1 aromatic rings. The highest BCUT2D eigenvalue weighted by atomic mass is 16.7. The number of β-lactam (4-membered cyclic amide) rings is 1. The van der Waals surface area contributed by atoms with Crippen molar-refractivity contribution in [2.75, 3.05) is 13.2 Å². The van der Waals surface area contributed by atoms with Crippen molar-refractivity contribution in [1.29, 1.82) is 0 Å².